The normalized spacial score (nSPS) is 24.6. The third kappa shape index (κ3) is 2.94. The Morgan fingerprint density at radius 1 is 1.67 bits per heavy atom. The number of likely N-dealkylation sites (tertiary alicyclic amines) is 1. The minimum atomic E-state index is -0.179. The molecule has 0 bridgehead atoms. The van der Waals surface area contributed by atoms with E-state index < -0.39 is 0 Å². The van der Waals surface area contributed by atoms with Crippen LogP contribution in [0.15, 0.2) is 12.1 Å². The first kappa shape index (κ1) is 11.4. The van der Waals surface area contributed by atoms with Crippen molar-refractivity contribution in [3.8, 4) is 0 Å². The summed E-state index contributed by atoms with van der Waals surface area (Å²) in [6, 6.07) is 4.03. The van der Waals surface area contributed by atoms with Gasteiger partial charge in [-0.2, -0.15) is 0 Å². The van der Waals surface area contributed by atoms with Crippen LogP contribution in [0.5, 0.6) is 0 Å². The van der Waals surface area contributed by atoms with Gasteiger partial charge in [0.05, 0.1) is 10.4 Å². The Morgan fingerprint density at radius 2 is 2.47 bits per heavy atom. The molecular weight excluding hydrogens is 230 g/mol. The largest absolute Gasteiger partial charge is 0.393 e. The van der Waals surface area contributed by atoms with Crippen LogP contribution < -0.4 is 0 Å². The first-order valence-electron chi connectivity index (χ1n) is 5.30. The van der Waals surface area contributed by atoms with E-state index in [1.54, 1.807) is 11.3 Å². The van der Waals surface area contributed by atoms with E-state index in [2.05, 4.69) is 11.0 Å². The predicted octanol–water partition coefficient (Wildman–Crippen LogP) is 2.60. The SMILES string of the molecule is CC(O)C1CCN(Cc2ccc(Cl)s2)C1. The lowest BCUT2D eigenvalue weighted by Crippen LogP contribution is -2.23. The molecule has 1 aromatic heterocycles. The van der Waals surface area contributed by atoms with Crippen molar-refractivity contribution >= 4 is 22.9 Å². The van der Waals surface area contributed by atoms with Crippen LogP contribution in [0.25, 0.3) is 0 Å². The Morgan fingerprint density at radius 3 is 3.00 bits per heavy atom. The molecule has 0 aromatic carbocycles. The van der Waals surface area contributed by atoms with Gasteiger partial charge in [0.1, 0.15) is 0 Å². The molecule has 1 saturated heterocycles. The highest BCUT2D eigenvalue weighted by Gasteiger charge is 2.25. The van der Waals surface area contributed by atoms with Gasteiger partial charge in [-0.3, -0.25) is 4.90 Å². The quantitative estimate of drug-likeness (QED) is 0.885. The van der Waals surface area contributed by atoms with Gasteiger partial charge in [-0.1, -0.05) is 11.6 Å². The van der Waals surface area contributed by atoms with Crippen LogP contribution in [-0.4, -0.2) is 29.2 Å². The van der Waals surface area contributed by atoms with E-state index in [9.17, 15) is 5.11 Å². The molecule has 15 heavy (non-hydrogen) atoms. The van der Waals surface area contributed by atoms with E-state index in [4.69, 9.17) is 11.6 Å². The van der Waals surface area contributed by atoms with E-state index in [0.717, 1.165) is 30.4 Å². The van der Waals surface area contributed by atoms with Crippen LogP contribution >= 0.6 is 22.9 Å². The Balaban J connectivity index is 1.87. The molecule has 2 heterocycles. The zero-order valence-electron chi connectivity index (χ0n) is 8.82. The Labute approximate surface area is 99.5 Å². The molecule has 4 heteroatoms. The molecule has 1 aliphatic rings. The smallest absolute Gasteiger partial charge is 0.0931 e. The molecule has 1 fully saturated rings. The van der Waals surface area contributed by atoms with Crippen molar-refractivity contribution in [3.63, 3.8) is 0 Å². The Bertz CT molecular complexity index is 326. The van der Waals surface area contributed by atoms with Crippen molar-refractivity contribution < 1.29 is 5.11 Å². The molecule has 0 saturated carbocycles. The standard InChI is InChI=1S/C11H16ClNOS/c1-8(14)9-4-5-13(6-9)7-10-2-3-11(12)15-10/h2-3,8-9,14H,4-7H2,1H3. The van der Waals surface area contributed by atoms with E-state index >= 15 is 0 Å². The average Bonchev–Trinajstić information content (AvgIpc) is 2.76. The van der Waals surface area contributed by atoms with Crippen molar-refractivity contribution in [1.29, 1.82) is 0 Å². The van der Waals surface area contributed by atoms with Gasteiger partial charge in [0, 0.05) is 18.0 Å². The summed E-state index contributed by atoms with van der Waals surface area (Å²) >= 11 is 7.53. The summed E-state index contributed by atoms with van der Waals surface area (Å²) in [5.74, 6) is 0.445. The van der Waals surface area contributed by atoms with Crippen LogP contribution in [0.2, 0.25) is 4.34 Å². The topological polar surface area (TPSA) is 23.5 Å². The van der Waals surface area contributed by atoms with E-state index in [0.29, 0.717) is 5.92 Å². The van der Waals surface area contributed by atoms with Crippen LogP contribution in [0.3, 0.4) is 0 Å². The van der Waals surface area contributed by atoms with Crippen molar-refractivity contribution in [2.24, 2.45) is 5.92 Å². The molecule has 2 atom stereocenters. The minimum absolute atomic E-state index is 0.179. The maximum absolute atomic E-state index is 9.49. The molecule has 2 rings (SSSR count). The van der Waals surface area contributed by atoms with Gasteiger partial charge < -0.3 is 5.11 Å². The molecule has 0 spiro atoms. The fourth-order valence-corrected chi connectivity index (χ4v) is 3.19. The first-order valence-corrected chi connectivity index (χ1v) is 6.49. The molecule has 1 aliphatic heterocycles. The third-order valence-corrected chi connectivity index (χ3v) is 4.22. The van der Waals surface area contributed by atoms with Gasteiger partial charge in [-0.15, -0.1) is 11.3 Å². The highest BCUT2D eigenvalue weighted by molar-refractivity contribution is 7.16. The second-order valence-corrected chi connectivity index (χ2v) is 6.03. The summed E-state index contributed by atoms with van der Waals surface area (Å²) in [6.45, 7) is 4.95. The molecule has 2 unspecified atom stereocenters. The van der Waals surface area contributed by atoms with E-state index in [1.807, 2.05) is 13.0 Å². The Kier molecular flexibility index (Phi) is 3.67. The monoisotopic (exact) mass is 245 g/mol. The second kappa shape index (κ2) is 4.83. The highest BCUT2D eigenvalue weighted by atomic mass is 35.5. The minimum Gasteiger partial charge on any atom is -0.393 e. The van der Waals surface area contributed by atoms with Crippen LogP contribution in [0.1, 0.15) is 18.2 Å². The summed E-state index contributed by atoms with van der Waals surface area (Å²) < 4.78 is 0.858. The van der Waals surface area contributed by atoms with Gasteiger partial charge in [0.2, 0.25) is 0 Å². The van der Waals surface area contributed by atoms with Gasteiger partial charge in [0.15, 0.2) is 0 Å². The number of aliphatic hydroxyl groups excluding tert-OH is 1. The maximum atomic E-state index is 9.49. The van der Waals surface area contributed by atoms with Gasteiger partial charge in [-0.25, -0.2) is 0 Å². The summed E-state index contributed by atoms with van der Waals surface area (Å²) in [5, 5.41) is 9.49. The van der Waals surface area contributed by atoms with Crippen LogP contribution in [0.4, 0.5) is 0 Å². The number of hydrogen-bond acceptors (Lipinski definition) is 3. The summed E-state index contributed by atoms with van der Waals surface area (Å²) in [5.41, 5.74) is 0. The predicted molar refractivity (Wildman–Crippen MR) is 64.4 cm³/mol. The molecule has 0 aliphatic carbocycles. The van der Waals surface area contributed by atoms with Gasteiger partial charge in [-0.05, 0) is 37.9 Å². The van der Waals surface area contributed by atoms with Gasteiger partial charge in [0.25, 0.3) is 0 Å². The van der Waals surface area contributed by atoms with Gasteiger partial charge >= 0.3 is 0 Å². The number of rotatable bonds is 3. The fourth-order valence-electron chi connectivity index (χ4n) is 2.06. The third-order valence-electron chi connectivity index (χ3n) is 3.00. The van der Waals surface area contributed by atoms with Crippen molar-refractivity contribution in [3.05, 3.63) is 21.3 Å². The van der Waals surface area contributed by atoms with Crippen molar-refractivity contribution in [2.75, 3.05) is 13.1 Å². The lowest BCUT2D eigenvalue weighted by atomic mass is 10.0. The molecule has 2 nitrogen and oxygen atoms in total. The molecule has 1 aromatic rings. The Hall–Kier alpha value is -0.0900. The molecule has 1 N–H and O–H groups in total. The van der Waals surface area contributed by atoms with Crippen molar-refractivity contribution in [1.82, 2.24) is 4.90 Å². The number of aliphatic hydroxyl groups is 1. The lowest BCUT2D eigenvalue weighted by Gasteiger charge is -2.16. The second-order valence-electron chi connectivity index (χ2n) is 4.23. The fraction of sp³-hybridized carbons (Fsp3) is 0.636. The maximum Gasteiger partial charge on any atom is 0.0931 e. The number of nitrogens with zero attached hydrogens (tertiary/aromatic N) is 1. The van der Waals surface area contributed by atoms with Crippen LogP contribution in [-0.2, 0) is 6.54 Å². The van der Waals surface area contributed by atoms with E-state index in [1.165, 1.54) is 4.88 Å². The summed E-state index contributed by atoms with van der Waals surface area (Å²) in [4.78, 5) is 3.70. The number of halogens is 1. The summed E-state index contributed by atoms with van der Waals surface area (Å²) in [6.07, 6.45) is 0.929. The molecule has 0 amide bonds. The van der Waals surface area contributed by atoms with Crippen molar-refractivity contribution in [2.45, 2.75) is 26.0 Å². The number of thiophene rings is 1. The van der Waals surface area contributed by atoms with E-state index in [-0.39, 0.29) is 6.10 Å². The average molecular weight is 246 g/mol. The van der Waals surface area contributed by atoms with Crippen LogP contribution in [0, 0.1) is 5.92 Å². The zero-order chi connectivity index (χ0) is 10.8. The molecular formula is C11H16ClNOS. The molecule has 84 valence electrons. The highest BCUT2D eigenvalue weighted by Crippen LogP contribution is 2.26. The molecule has 0 radical (unpaired) electrons. The first-order chi connectivity index (χ1) is 7.15. The number of hydrogen-bond donors (Lipinski definition) is 1. The summed E-state index contributed by atoms with van der Waals surface area (Å²) in [7, 11) is 0. The lowest BCUT2D eigenvalue weighted by molar-refractivity contribution is 0.127. The zero-order valence-corrected chi connectivity index (χ0v) is 10.4.